The van der Waals surface area contributed by atoms with Crippen molar-refractivity contribution < 1.29 is 14.6 Å². The highest BCUT2D eigenvalue weighted by Gasteiger charge is 2.25. The summed E-state index contributed by atoms with van der Waals surface area (Å²) in [6, 6.07) is 3.90. The first-order valence-corrected chi connectivity index (χ1v) is 5.87. The van der Waals surface area contributed by atoms with Gasteiger partial charge in [0.25, 0.3) is 0 Å². The maximum Gasteiger partial charge on any atom is 0.164 e. The van der Waals surface area contributed by atoms with Gasteiger partial charge < -0.3 is 14.6 Å². The predicted molar refractivity (Wildman–Crippen MR) is 69.0 cm³/mol. The Labute approximate surface area is 103 Å². The number of benzene rings is 1. The highest BCUT2D eigenvalue weighted by atomic mass is 16.5. The Morgan fingerprint density at radius 1 is 1.18 bits per heavy atom. The molecule has 0 aromatic heterocycles. The molecular formula is C14H22O3. The van der Waals surface area contributed by atoms with Crippen LogP contribution in [0, 0.1) is 0 Å². The molecule has 0 aliphatic carbocycles. The lowest BCUT2D eigenvalue weighted by molar-refractivity contribution is 0.217. The molecule has 0 aliphatic heterocycles. The Hall–Kier alpha value is -1.22. The molecule has 0 saturated carbocycles. The van der Waals surface area contributed by atoms with Crippen LogP contribution in [0.3, 0.4) is 0 Å². The van der Waals surface area contributed by atoms with E-state index in [9.17, 15) is 5.11 Å². The third-order valence-electron chi connectivity index (χ3n) is 3.13. The smallest absolute Gasteiger partial charge is 0.164 e. The summed E-state index contributed by atoms with van der Waals surface area (Å²) in [6.45, 7) is 6.23. The minimum absolute atomic E-state index is 0.107. The van der Waals surface area contributed by atoms with Gasteiger partial charge in [-0.1, -0.05) is 26.8 Å². The lowest BCUT2D eigenvalue weighted by atomic mass is 9.81. The zero-order valence-electron chi connectivity index (χ0n) is 11.3. The topological polar surface area (TPSA) is 38.7 Å². The average Bonchev–Trinajstić information content (AvgIpc) is 2.36. The summed E-state index contributed by atoms with van der Waals surface area (Å²) in [5.41, 5.74) is 1.94. The van der Waals surface area contributed by atoms with E-state index < -0.39 is 0 Å². The van der Waals surface area contributed by atoms with E-state index in [2.05, 4.69) is 6.92 Å². The first kappa shape index (κ1) is 13.8. The molecule has 1 aromatic carbocycles. The van der Waals surface area contributed by atoms with Gasteiger partial charge in [0.15, 0.2) is 11.5 Å². The van der Waals surface area contributed by atoms with Crippen LogP contribution >= 0.6 is 0 Å². The van der Waals surface area contributed by atoms with Gasteiger partial charge in [0.05, 0.1) is 20.8 Å². The molecule has 0 atom stereocenters. The molecular weight excluding hydrogens is 216 g/mol. The first-order valence-electron chi connectivity index (χ1n) is 5.87. The molecule has 0 saturated heterocycles. The summed E-state index contributed by atoms with van der Waals surface area (Å²) in [5, 5.41) is 9.49. The summed E-state index contributed by atoms with van der Waals surface area (Å²) in [7, 11) is 3.28. The van der Waals surface area contributed by atoms with Crippen molar-refractivity contribution in [1.82, 2.24) is 0 Å². The van der Waals surface area contributed by atoms with Crippen LogP contribution in [0.1, 0.15) is 31.9 Å². The number of hydrogen-bond acceptors (Lipinski definition) is 3. The van der Waals surface area contributed by atoms with Gasteiger partial charge in [-0.05, 0) is 18.1 Å². The summed E-state index contributed by atoms with van der Waals surface area (Å²) in [4.78, 5) is 0. The van der Waals surface area contributed by atoms with Gasteiger partial charge in [-0.2, -0.15) is 0 Å². The van der Waals surface area contributed by atoms with Crippen molar-refractivity contribution in [1.29, 1.82) is 0 Å². The second kappa shape index (κ2) is 5.41. The van der Waals surface area contributed by atoms with Gasteiger partial charge in [-0.25, -0.2) is 0 Å². The maximum atomic E-state index is 9.49. The Morgan fingerprint density at radius 3 is 2.24 bits per heavy atom. The quantitative estimate of drug-likeness (QED) is 0.856. The van der Waals surface area contributed by atoms with Crippen LogP contribution in [0.25, 0.3) is 0 Å². The second-order valence-electron chi connectivity index (χ2n) is 4.72. The minimum atomic E-state index is -0.273. The van der Waals surface area contributed by atoms with E-state index in [-0.39, 0.29) is 12.0 Å². The van der Waals surface area contributed by atoms with Gasteiger partial charge in [0.2, 0.25) is 0 Å². The van der Waals surface area contributed by atoms with Crippen LogP contribution in [0.5, 0.6) is 11.5 Å². The van der Waals surface area contributed by atoms with Crippen LogP contribution in [0.4, 0.5) is 0 Å². The molecule has 1 N–H and O–H groups in total. The molecule has 0 heterocycles. The zero-order valence-corrected chi connectivity index (χ0v) is 11.3. The largest absolute Gasteiger partial charge is 0.493 e. The number of aliphatic hydroxyl groups excluding tert-OH is 1. The molecule has 1 aromatic rings. The number of ether oxygens (including phenoxy) is 2. The molecule has 96 valence electrons. The normalized spacial score (nSPS) is 11.4. The van der Waals surface area contributed by atoms with E-state index >= 15 is 0 Å². The summed E-state index contributed by atoms with van der Waals surface area (Å²) in [6.07, 6.45) is 0.846. The van der Waals surface area contributed by atoms with E-state index in [1.54, 1.807) is 14.2 Å². The van der Waals surface area contributed by atoms with E-state index in [4.69, 9.17) is 9.47 Å². The number of aliphatic hydroxyl groups is 1. The van der Waals surface area contributed by atoms with Crippen LogP contribution in [-0.4, -0.2) is 25.9 Å². The highest BCUT2D eigenvalue weighted by molar-refractivity contribution is 5.53. The van der Waals surface area contributed by atoms with Crippen molar-refractivity contribution in [2.75, 3.05) is 20.8 Å². The predicted octanol–water partition coefficient (Wildman–Crippen LogP) is 2.54. The Balaban J connectivity index is 3.43. The fraction of sp³-hybridized carbons (Fsp3) is 0.571. The van der Waals surface area contributed by atoms with Crippen molar-refractivity contribution in [2.24, 2.45) is 0 Å². The number of methoxy groups -OCH3 is 2. The number of hydrogen-bond donors (Lipinski definition) is 1. The Kier molecular flexibility index (Phi) is 4.40. The van der Waals surface area contributed by atoms with Crippen LogP contribution in [0.2, 0.25) is 0 Å². The van der Waals surface area contributed by atoms with Crippen LogP contribution < -0.4 is 9.47 Å². The van der Waals surface area contributed by atoms with Gasteiger partial charge >= 0.3 is 0 Å². The van der Waals surface area contributed by atoms with E-state index in [0.29, 0.717) is 0 Å². The van der Waals surface area contributed by atoms with Crippen molar-refractivity contribution in [3.8, 4) is 11.5 Å². The maximum absolute atomic E-state index is 9.49. The molecule has 0 unspecified atom stereocenters. The van der Waals surface area contributed by atoms with Crippen LogP contribution in [-0.2, 0) is 11.8 Å². The van der Waals surface area contributed by atoms with Gasteiger partial charge in [-0.15, -0.1) is 0 Å². The van der Waals surface area contributed by atoms with E-state index in [0.717, 1.165) is 29.0 Å². The van der Waals surface area contributed by atoms with Crippen molar-refractivity contribution in [3.63, 3.8) is 0 Å². The molecule has 1 rings (SSSR count). The molecule has 0 spiro atoms. The standard InChI is InChI=1S/C14H22O3/c1-6-10-11(14(2,3)9-15)7-8-12(16-4)13(10)17-5/h7-8,15H,6,9H2,1-5H3. The van der Waals surface area contributed by atoms with Crippen LogP contribution in [0.15, 0.2) is 12.1 Å². The van der Waals surface area contributed by atoms with Gasteiger partial charge in [-0.3, -0.25) is 0 Å². The molecule has 0 fully saturated rings. The van der Waals surface area contributed by atoms with Crippen molar-refractivity contribution in [3.05, 3.63) is 23.3 Å². The van der Waals surface area contributed by atoms with Crippen molar-refractivity contribution >= 4 is 0 Å². The monoisotopic (exact) mass is 238 g/mol. The lowest BCUT2D eigenvalue weighted by Crippen LogP contribution is -2.24. The fourth-order valence-electron chi connectivity index (χ4n) is 2.06. The number of rotatable bonds is 5. The highest BCUT2D eigenvalue weighted by Crippen LogP contribution is 2.38. The van der Waals surface area contributed by atoms with Gasteiger partial charge in [0.1, 0.15) is 0 Å². The first-order chi connectivity index (χ1) is 8.01. The SMILES string of the molecule is CCc1c(C(C)(C)CO)ccc(OC)c1OC. The summed E-state index contributed by atoms with van der Waals surface area (Å²) >= 11 is 0. The Bertz CT molecular complexity index is 383. The molecule has 0 bridgehead atoms. The molecule has 17 heavy (non-hydrogen) atoms. The summed E-state index contributed by atoms with van der Waals surface area (Å²) < 4.78 is 10.7. The van der Waals surface area contributed by atoms with E-state index in [1.165, 1.54) is 0 Å². The molecule has 0 amide bonds. The minimum Gasteiger partial charge on any atom is -0.493 e. The molecule has 0 aliphatic rings. The lowest BCUT2D eigenvalue weighted by Gasteiger charge is -2.27. The average molecular weight is 238 g/mol. The second-order valence-corrected chi connectivity index (χ2v) is 4.72. The molecule has 3 heteroatoms. The van der Waals surface area contributed by atoms with E-state index in [1.807, 2.05) is 26.0 Å². The van der Waals surface area contributed by atoms with Gasteiger partial charge in [0, 0.05) is 11.0 Å². The zero-order chi connectivity index (χ0) is 13.1. The third kappa shape index (κ3) is 2.55. The van der Waals surface area contributed by atoms with Crippen molar-refractivity contribution in [2.45, 2.75) is 32.6 Å². The summed E-state index contributed by atoms with van der Waals surface area (Å²) in [5.74, 6) is 1.51. The molecule has 3 nitrogen and oxygen atoms in total. The molecule has 0 radical (unpaired) electrons. The Morgan fingerprint density at radius 2 is 1.82 bits per heavy atom. The third-order valence-corrected chi connectivity index (χ3v) is 3.13. The fourth-order valence-corrected chi connectivity index (χ4v) is 2.06.